The van der Waals surface area contributed by atoms with Crippen LogP contribution in [0.25, 0.3) is 0 Å². The van der Waals surface area contributed by atoms with Crippen molar-refractivity contribution in [1.82, 2.24) is 10.2 Å². The van der Waals surface area contributed by atoms with Crippen LogP contribution < -0.4 is 10.2 Å². The number of aryl methyl sites for hydroxylation is 2. The minimum absolute atomic E-state index is 0.0447. The van der Waals surface area contributed by atoms with Crippen molar-refractivity contribution in [2.45, 2.75) is 89.2 Å². The zero-order valence-corrected chi connectivity index (χ0v) is 28.8. The topological polar surface area (TPSA) is 125 Å². The zero-order chi connectivity index (χ0) is 35.3. The summed E-state index contributed by atoms with van der Waals surface area (Å²) in [6, 6.07) is 13.5. The molecule has 2 N–H and O–H groups in total. The van der Waals surface area contributed by atoms with Crippen LogP contribution >= 0.6 is 0 Å². The molecule has 0 aliphatic carbocycles. The largest absolute Gasteiger partial charge is 0.455 e. The van der Waals surface area contributed by atoms with E-state index in [-0.39, 0.29) is 43.8 Å². The standard InChI is InChI=1S/C39H49N3O7/c1-6-8-19-30(44)40-27(5)34(28-17-10-9-11-18-28)48-38(47)31-29-20-21-39(49-29)32(31)36(45)42(23-12-13-24-43)35(39)37(46)41(22-7-2)33-25(3)15-14-16-26(33)4/h6-7,9-11,14-18,27,29,31-32,34-35,43H,1-2,8,12-13,19-24H2,3-5H3,(H,40,44)/t27-,29-,31+,32+,34-,35-,39+/m0/s1. The molecule has 3 heterocycles. The summed E-state index contributed by atoms with van der Waals surface area (Å²) in [7, 11) is 0. The predicted octanol–water partition coefficient (Wildman–Crippen LogP) is 4.72. The molecule has 7 atom stereocenters. The predicted molar refractivity (Wildman–Crippen MR) is 186 cm³/mol. The van der Waals surface area contributed by atoms with Crippen LogP contribution in [-0.2, 0) is 28.7 Å². The molecule has 2 aromatic carbocycles. The summed E-state index contributed by atoms with van der Waals surface area (Å²) in [6.45, 7) is 13.7. The van der Waals surface area contributed by atoms with Gasteiger partial charge in [-0.1, -0.05) is 60.7 Å². The summed E-state index contributed by atoms with van der Waals surface area (Å²) in [5, 5.41) is 12.5. The Morgan fingerprint density at radius 3 is 2.47 bits per heavy atom. The minimum atomic E-state index is -1.22. The first-order chi connectivity index (χ1) is 23.6. The molecule has 3 fully saturated rings. The number of hydrogen-bond acceptors (Lipinski definition) is 7. The minimum Gasteiger partial charge on any atom is -0.455 e. The summed E-state index contributed by atoms with van der Waals surface area (Å²) in [5.74, 6) is -3.23. The van der Waals surface area contributed by atoms with Gasteiger partial charge in [-0.05, 0) is 69.6 Å². The van der Waals surface area contributed by atoms with E-state index in [9.17, 15) is 24.3 Å². The number of nitrogens with one attached hydrogen (secondary N) is 1. The lowest BCUT2D eigenvalue weighted by atomic mass is 9.70. The van der Waals surface area contributed by atoms with Crippen LogP contribution in [0.1, 0.15) is 68.2 Å². The second kappa shape index (κ2) is 15.5. The normalized spacial score (nSPS) is 25.0. The van der Waals surface area contributed by atoms with E-state index in [0.717, 1.165) is 16.8 Å². The zero-order valence-electron chi connectivity index (χ0n) is 28.8. The van der Waals surface area contributed by atoms with Gasteiger partial charge < -0.3 is 29.7 Å². The van der Waals surface area contributed by atoms with Crippen LogP contribution in [0, 0.1) is 25.7 Å². The quantitative estimate of drug-likeness (QED) is 0.150. The van der Waals surface area contributed by atoms with Gasteiger partial charge in [0.05, 0.1) is 24.0 Å². The van der Waals surface area contributed by atoms with Gasteiger partial charge in [0.15, 0.2) is 0 Å². The van der Waals surface area contributed by atoms with Gasteiger partial charge in [0.2, 0.25) is 11.8 Å². The SMILES string of the molecule is C=CCCC(=O)N[C@@H](C)[C@H](OC(=O)[C@@H]1[C@@H]2CC[C@]3(O2)[C@H](C(=O)N(CC=C)c2c(C)cccc2C)N(CCCCO)C(=O)[C@@H]13)c1ccccc1. The first-order valence-electron chi connectivity index (χ1n) is 17.3. The van der Waals surface area contributed by atoms with E-state index in [1.807, 2.05) is 62.4 Å². The molecule has 10 heteroatoms. The Hall–Kier alpha value is -4.28. The Bertz CT molecular complexity index is 1540. The maximum Gasteiger partial charge on any atom is 0.313 e. The number of anilines is 1. The summed E-state index contributed by atoms with van der Waals surface area (Å²) in [4.78, 5) is 59.6. The Labute approximate surface area is 289 Å². The molecule has 0 saturated carbocycles. The van der Waals surface area contributed by atoms with Crippen LogP contribution in [0.2, 0.25) is 0 Å². The highest BCUT2D eigenvalue weighted by Crippen LogP contribution is 2.59. The van der Waals surface area contributed by atoms with E-state index in [2.05, 4.69) is 18.5 Å². The van der Waals surface area contributed by atoms with Crippen molar-refractivity contribution in [2.75, 3.05) is 24.6 Å². The number of esters is 1. The smallest absolute Gasteiger partial charge is 0.313 e. The molecule has 3 amide bonds. The van der Waals surface area contributed by atoms with E-state index in [1.165, 1.54) is 0 Å². The molecule has 3 saturated heterocycles. The second-order valence-corrected chi connectivity index (χ2v) is 13.4. The van der Waals surface area contributed by atoms with Crippen molar-refractivity contribution in [3.8, 4) is 0 Å². The molecule has 3 aliphatic rings. The van der Waals surface area contributed by atoms with Gasteiger partial charge in [0.1, 0.15) is 17.7 Å². The lowest BCUT2D eigenvalue weighted by molar-refractivity contribution is -0.162. The number of aliphatic hydroxyl groups excluding tert-OH is 1. The van der Waals surface area contributed by atoms with Crippen molar-refractivity contribution < 1.29 is 33.8 Å². The highest BCUT2D eigenvalue weighted by atomic mass is 16.6. The van der Waals surface area contributed by atoms with Gasteiger partial charge in [-0.3, -0.25) is 19.2 Å². The fourth-order valence-electron chi connectivity index (χ4n) is 8.07. The van der Waals surface area contributed by atoms with Crippen LogP contribution in [0.15, 0.2) is 73.8 Å². The van der Waals surface area contributed by atoms with E-state index in [4.69, 9.17) is 9.47 Å². The third-order valence-electron chi connectivity index (χ3n) is 10.2. The van der Waals surface area contributed by atoms with Crippen LogP contribution in [-0.4, -0.2) is 77.2 Å². The molecule has 3 aliphatic heterocycles. The molecule has 5 rings (SSSR count). The number of ether oxygens (including phenoxy) is 2. The van der Waals surface area contributed by atoms with Crippen LogP contribution in [0.3, 0.4) is 0 Å². The number of rotatable bonds is 16. The maximum absolute atomic E-state index is 14.9. The summed E-state index contributed by atoms with van der Waals surface area (Å²) in [5.41, 5.74) is 2.07. The Kier molecular flexibility index (Phi) is 11.4. The Balaban J connectivity index is 1.49. The number of para-hydroxylation sites is 1. The molecule has 2 bridgehead atoms. The molecule has 0 unspecified atom stereocenters. The number of carbonyl (C=O) groups is 4. The first-order valence-corrected chi connectivity index (χ1v) is 17.3. The second-order valence-electron chi connectivity index (χ2n) is 13.4. The van der Waals surface area contributed by atoms with Crippen molar-refractivity contribution in [2.24, 2.45) is 11.8 Å². The average Bonchev–Trinajstić information content (AvgIpc) is 3.73. The van der Waals surface area contributed by atoms with E-state index >= 15 is 0 Å². The summed E-state index contributed by atoms with van der Waals surface area (Å²) < 4.78 is 12.9. The molecule has 262 valence electrons. The fraction of sp³-hybridized carbons (Fsp3) is 0.487. The fourth-order valence-corrected chi connectivity index (χ4v) is 8.07. The molecular formula is C39H49N3O7. The number of amides is 3. The third kappa shape index (κ3) is 6.94. The number of benzene rings is 2. The van der Waals surface area contributed by atoms with Crippen molar-refractivity contribution in [1.29, 1.82) is 0 Å². The Morgan fingerprint density at radius 2 is 1.82 bits per heavy atom. The van der Waals surface area contributed by atoms with Crippen LogP contribution in [0.5, 0.6) is 0 Å². The van der Waals surface area contributed by atoms with Gasteiger partial charge in [-0.15, -0.1) is 13.2 Å². The number of likely N-dealkylation sites (tertiary alicyclic amines) is 1. The third-order valence-corrected chi connectivity index (χ3v) is 10.2. The molecule has 10 nitrogen and oxygen atoms in total. The molecule has 0 radical (unpaired) electrons. The molecule has 0 aromatic heterocycles. The van der Waals surface area contributed by atoms with E-state index in [0.29, 0.717) is 37.7 Å². The number of aliphatic hydroxyl groups is 1. The maximum atomic E-state index is 14.9. The van der Waals surface area contributed by atoms with Crippen molar-refractivity contribution in [3.63, 3.8) is 0 Å². The molecular weight excluding hydrogens is 622 g/mol. The number of nitrogens with zero attached hydrogens (tertiary/aromatic N) is 2. The molecule has 1 spiro atoms. The number of unbranched alkanes of at least 4 members (excludes halogenated alkanes) is 1. The molecule has 2 aromatic rings. The number of fused-ring (bicyclic) bond motifs is 1. The van der Waals surface area contributed by atoms with Gasteiger partial charge in [-0.2, -0.15) is 0 Å². The van der Waals surface area contributed by atoms with Gasteiger partial charge in [0, 0.05) is 31.8 Å². The highest BCUT2D eigenvalue weighted by molar-refractivity contribution is 6.05. The number of allylic oxidation sites excluding steroid dienone is 1. The van der Waals surface area contributed by atoms with E-state index < -0.39 is 47.7 Å². The Morgan fingerprint density at radius 1 is 1.10 bits per heavy atom. The van der Waals surface area contributed by atoms with Gasteiger partial charge in [0.25, 0.3) is 5.91 Å². The van der Waals surface area contributed by atoms with Gasteiger partial charge in [-0.25, -0.2) is 0 Å². The average molecular weight is 672 g/mol. The van der Waals surface area contributed by atoms with Gasteiger partial charge >= 0.3 is 5.97 Å². The van der Waals surface area contributed by atoms with Crippen molar-refractivity contribution in [3.05, 3.63) is 90.5 Å². The number of carbonyl (C=O) groups excluding carboxylic acids is 4. The monoisotopic (exact) mass is 671 g/mol. The highest BCUT2D eigenvalue weighted by Gasteiger charge is 2.75. The van der Waals surface area contributed by atoms with Crippen molar-refractivity contribution >= 4 is 29.4 Å². The number of hydrogen-bond donors (Lipinski definition) is 2. The lowest BCUT2D eigenvalue weighted by Crippen LogP contribution is -2.56. The summed E-state index contributed by atoms with van der Waals surface area (Å²) in [6.07, 6.45) is 4.57. The van der Waals surface area contributed by atoms with E-state index in [1.54, 1.807) is 28.9 Å². The molecule has 49 heavy (non-hydrogen) atoms. The van der Waals surface area contributed by atoms with Crippen LogP contribution in [0.4, 0.5) is 5.69 Å². The summed E-state index contributed by atoms with van der Waals surface area (Å²) >= 11 is 0. The lowest BCUT2D eigenvalue weighted by Gasteiger charge is -2.37. The first kappa shape index (κ1) is 36.0.